The Morgan fingerprint density at radius 2 is 1.72 bits per heavy atom. The average molecular weight is 433 g/mol. The van der Waals surface area contributed by atoms with E-state index in [4.69, 9.17) is 10.5 Å². The Balaban J connectivity index is 1.85. The molecular formula is C27H32N2O3. The Kier molecular flexibility index (Phi) is 7.67. The summed E-state index contributed by atoms with van der Waals surface area (Å²) in [5.41, 5.74) is 8.60. The SMILES string of the molecule is COc1cccc(C(C)(C)NC[C@H](O)[C@@H](Cc2ccccc2)c2ccccc2C(N)=O)c1. The summed E-state index contributed by atoms with van der Waals surface area (Å²) in [4.78, 5) is 12.1. The Bertz CT molecular complexity index is 1030. The van der Waals surface area contributed by atoms with Crippen molar-refractivity contribution in [3.05, 3.63) is 101 Å². The molecule has 0 fully saturated rings. The van der Waals surface area contributed by atoms with Crippen LogP contribution < -0.4 is 15.8 Å². The number of hydrogen-bond donors (Lipinski definition) is 3. The summed E-state index contributed by atoms with van der Waals surface area (Å²) in [7, 11) is 1.65. The van der Waals surface area contributed by atoms with Gasteiger partial charge in [-0.1, -0.05) is 60.7 Å². The zero-order valence-electron chi connectivity index (χ0n) is 18.9. The Morgan fingerprint density at radius 1 is 1.03 bits per heavy atom. The molecule has 0 aliphatic carbocycles. The summed E-state index contributed by atoms with van der Waals surface area (Å²) in [6.45, 7) is 4.48. The van der Waals surface area contributed by atoms with Gasteiger partial charge >= 0.3 is 0 Å². The third-order valence-corrected chi connectivity index (χ3v) is 5.93. The van der Waals surface area contributed by atoms with Crippen molar-refractivity contribution in [1.29, 1.82) is 0 Å². The predicted molar refractivity (Wildman–Crippen MR) is 128 cm³/mol. The Morgan fingerprint density at radius 3 is 2.41 bits per heavy atom. The third-order valence-electron chi connectivity index (χ3n) is 5.93. The van der Waals surface area contributed by atoms with Crippen molar-refractivity contribution >= 4 is 5.91 Å². The minimum atomic E-state index is -0.736. The topological polar surface area (TPSA) is 84.6 Å². The number of nitrogens with one attached hydrogen (secondary N) is 1. The van der Waals surface area contributed by atoms with E-state index in [0.717, 1.165) is 22.4 Å². The second-order valence-electron chi connectivity index (χ2n) is 8.55. The van der Waals surface area contributed by atoms with E-state index >= 15 is 0 Å². The fourth-order valence-corrected chi connectivity index (χ4v) is 3.98. The van der Waals surface area contributed by atoms with Crippen LogP contribution in [0.1, 0.15) is 46.8 Å². The average Bonchev–Trinajstić information content (AvgIpc) is 2.81. The molecule has 5 nitrogen and oxygen atoms in total. The Hall–Kier alpha value is -3.15. The van der Waals surface area contributed by atoms with E-state index < -0.39 is 17.6 Å². The van der Waals surface area contributed by atoms with Gasteiger partial charge in [0.2, 0.25) is 5.91 Å². The van der Waals surface area contributed by atoms with E-state index in [1.807, 2.05) is 66.7 Å². The van der Waals surface area contributed by atoms with E-state index in [1.165, 1.54) is 0 Å². The van der Waals surface area contributed by atoms with E-state index in [1.54, 1.807) is 19.2 Å². The van der Waals surface area contributed by atoms with Crippen LogP contribution in [0.25, 0.3) is 0 Å². The minimum absolute atomic E-state index is 0.297. The number of aliphatic hydroxyl groups excluding tert-OH is 1. The van der Waals surface area contributed by atoms with Crippen LogP contribution in [0.4, 0.5) is 0 Å². The molecule has 5 heteroatoms. The highest BCUT2D eigenvalue weighted by Gasteiger charge is 2.28. The number of benzene rings is 3. The zero-order valence-corrected chi connectivity index (χ0v) is 18.9. The maximum absolute atomic E-state index is 12.1. The van der Waals surface area contributed by atoms with E-state index in [-0.39, 0.29) is 5.92 Å². The van der Waals surface area contributed by atoms with Gasteiger partial charge in [-0.15, -0.1) is 0 Å². The smallest absolute Gasteiger partial charge is 0.248 e. The molecule has 0 saturated heterocycles. The molecule has 3 aromatic rings. The van der Waals surface area contributed by atoms with Crippen molar-refractivity contribution in [3.8, 4) is 5.75 Å². The molecule has 0 spiro atoms. The van der Waals surface area contributed by atoms with Gasteiger partial charge in [0.15, 0.2) is 0 Å². The van der Waals surface area contributed by atoms with Gasteiger partial charge in [-0.3, -0.25) is 4.79 Å². The number of rotatable bonds is 10. The number of methoxy groups -OCH3 is 1. The molecule has 3 rings (SSSR count). The first kappa shape index (κ1) is 23.5. The summed E-state index contributed by atoms with van der Waals surface area (Å²) >= 11 is 0. The first-order valence-electron chi connectivity index (χ1n) is 10.8. The van der Waals surface area contributed by atoms with Crippen molar-refractivity contribution in [2.75, 3.05) is 13.7 Å². The van der Waals surface area contributed by atoms with Crippen LogP contribution in [0, 0.1) is 0 Å². The molecule has 0 bridgehead atoms. The fourth-order valence-electron chi connectivity index (χ4n) is 3.98. The first-order valence-corrected chi connectivity index (χ1v) is 10.8. The second-order valence-corrected chi connectivity index (χ2v) is 8.55. The molecule has 0 aliphatic heterocycles. The zero-order chi connectivity index (χ0) is 23.1. The molecule has 0 unspecified atom stereocenters. The molecular weight excluding hydrogens is 400 g/mol. The van der Waals surface area contributed by atoms with Gasteiger partial charge in [0, 0.05) is 23.6 Å². The maximum Gasteiger partial charge on any atom is 0.248 e. The number of ether oxygens (including phenoxy) is 1. The summed E-state index contributed by atoms with van der Waals surface area (Å²) in [5.74, 6) is 0.000467. The third kappa shape index (κ3) is 5.75. The monoisotopic (exact) mass is 432 g/mol. The molecule has 2 atom stereocenters. The Labute approximate surface area is 190 Å². The van der Waals surface area contributed by atoms with Crippen LogP contribution in [-0.2, 0) is 12.0 Å². The van der Waals surface area contributed by atoms with E-state index in [2.05, 4.69) is 19.2 Å². The van der Waals surface area contributed by atoms with Crippen molar-refractivity contribution < 1.29 is 14.6 Å². The van der Waals surface area contributed by atoms with Crippen LogP contribution in [-0.4, -0.2) is 30.8 Å². The summed E-state index contributed by atoms with van der Waals surface area (Å²) in [6.07, 6.45) is -0.145. The van der Waals surface area contributed by atoms with Crippen LogP contribution in [0.5, 0.6) is 5.75 Å². The largest absolute Gasteiger partial charge is 0.497 e. The van der Waals surface area contributed by atoms with Gasteiger partial charge in [0.1, 0.15) is 5.75 Å². The molecule has 32 heavy (non-hydrogen) atoms. The minimum Gasteiger partial charge on any atom is -0.497 e. The van der Waals surface area contributed by atoms with Gasteiger partial charge in [-0.05, 0) is 55.2 Å². The van der Waals surface area contributed by atoms with Gasteiger partial charge in [-0.25, -0.2) is 0 Å². The van der Waals surface area contributed by atoms with Crippen molar-refractivity contribution in [2.45, 2.75) is 37.8 Å². The number of carbonyl (C=O) groups is 1. The fraction of sp³-hybridized carbons (Fsp3) is 0.296. The van der Waals surface area contributed by atoms with Crippen LogP contribution in [0.15, 0.2) is 78.9 Å². The molecule has 0 heterocycles. The van der Waals surface area contributed by atoms with Gasteiger partial charge in [-0.2, -0.15) is 0 Å². The molecule has 3 aromatic carbocycles. The normalized spacial score (nSPS) is 13.4. The number of primary amides is 1. The van der Waals surface area contributed by atoms with Gasteiger partial charge in [0.25, 0.3) is 0 Å². The highest BCUT2D eigenvalue weighted by Crippen LogP contribution is 2.29. The predicted octanol–water partition coefficient (Wildman–Crippen LogP) is 4.01. The molecule has 4 N–H and O–H groups in total. The summed E-state index contributed by atoms with van der Waals surface area (Å²) in [5, 5.41) is 14.8. The second kappa shape index (κ2) is 10.4. The molecule has 0 aromatic heterocycles. The van der Waals surface area contributed by atoms with Crippen molar-refractivity contribution in [3.63, 3.8) is 0 Å². The molecule has 0 radical (unpaired) electrons. The van der Waals surface area contributed by atoms with Crippen LogP contribution >= 0.6 is 0 Å². The molecule has 168 valence electrons. The molecule has 0 saturated carbocycles. The van der Waals surface area contributed by atoms with Crippen molar-refractivity contribution in [2.24, 2.45) is 5.73 Å². The first-order chi connectivity index (χ1) is 15.3. The van der Waals surface area contributed by atoms with Gasteiger partial charge in [0.05, 0.1) is 13.2 Å². The van der Waals surface area contributed by atoms with E-state index in [0.29, 0.717) is 18.5 Å². The lowest BCUT2D eigenvalue weighted by Crippen LogP contribution is -2.43. The van der Waals surface area contributed by atoms with Crippen molar-refractivity contribution in [1.82, 2.24) is 5.32 Å². The number of nitrogens with two attached hydrogens (primary N) is 1. The van der Waals surface area contributed by atoms with E-state index in [9.17, 15) is 9.90 Å². The number of aliphatic hydroxyl groups is 1. The summed E-state index contributed by atoms with van der Waals surface area (Å²) < 4.78 is 5.35. The lowest BCUT2D eigenvalue weighted by Gasteiger charge is -2.32. The van der Waals surface area contributed by atoms with Gasteiger partial charge < -0.3 is 20.9 Å². The molecule has 0 aliphatic rings. The maximum atomic E-state index is 12.1. The molecule has 1 amide bonds. The van der Waals surface area contributed by atoms with Crippen LogP contribution in [0.3, 0.4) is 0 Å². The number of amides is 1. The lowest BCUT2D eigenvalue weighted by molar-refractivity contribution is 0.0994. The highest BCUT2D eigenvalue weighted by molar-refractivity contribution is 5.94. The highest BCUT2D eigenvalue weighted by atomic mass is 16.5. The summed E-state index contributed by atoms with van der Waals surface area (Å²) in [6, 6.07) is 25.1. The quantitative estimate of drug-likeness (QED) is 0.452. The van der Waals surface area contributed by atoms with Crippen LogP contribution in [0.2, 0.25) is 0 Å². The standard InChI is InChI=1S/C27H32N2O3/c1-27(2,20-12-9-13-21(17-20)32-3)29-18-25(30)24(16-19-10-5-4-6-11-19)22-14-7-8-15-23(22)26(28)31/h4-15,17,24-25,29-30H,16,18H2,1-3H3,(H2,28,31)/t24-,25-/m0/s1. The lowest BCUT2D eigenvalue weighted by atomic mass is 9.84. The number of carbonyl (C=O) groups excluding carboxylic acids is 1. The number of hydrogen-bond acceptors (Lipinski definition) is 4.